The summed E-state index contributed by atoms with van der Waals surface area (Å²) >= 11 is 0. The summed E-state index contributed by atoms with van der Waals surface area (Å²) in [7, 11) is 2.14. The molecule has 1 fully saturated rings. The zero-order valence-corrected chi connectivity index (χ0v) is 15.1. The highest BCUT2D eigenvalue weighted by Gasteiger charge is 2.16. The van der Waals surface area contributed by atoms with E-state index in [1.807, 2.05) is 54.3 Å². The van der Waals surface area contributed by atoms with E-state index in [-0.39, 0.29) is 11.9 Å². The molecule has 1 aliphatic rings. The number of aromatic nitrogens is 2. The first kappa shape index (κ1) is 17.6. The fourth-order valence-corrected chi connectivity index (χ4v) is 3.01. The van der Waals surface area contributed by atoms with Crippen LogP contribution in [0.25, 0.3) is 5.69 Å². The highest BCUT2D eigenvalue weighted by atomic mass is 16.1. The number of rotatable bonds is 6. The van der Waals surface area contributed by atoms with Gasteiger partial charge in [-0.1, -0.05) is 18.2 Å². The quantitative estimate of drug-likeness (QED) is 0.869. The van der Waals surface area contributed by atoms with E-state index in [1.165, 1.54) is 0 Å². The molecule has 0 saturated carbocycles. The van der Waals surface area contributed by atoms with Gasteiger partial charge in [0.1, 0.15) is 0 Å². The molecule has 1 aliphatic heterocycles. The molecule has 2 aromatic rings. The Hall–Kier alpha value is -2.18. The lowest BCUT2D eigenvalue weighted by Crippen LogP contribution is -2.45. The highest BCUT2D eigenvalue weighted by Crippen LogP contribution is 2.14. The van der Waals surface area contributed by atoms with Crippen LogP contribution in [0.15, 0.2) is 42.7 Å². The molecule has 1 amide bonds. The van der Waals surface area contributed by atoms with Crippen LogP contribution in [0.1, 0.15) is 24.9 Å². The smallest absolute Gasteiger partial charge is 0.221 e. The van der Waals surface area contributed by atoms with Gasteiger partial charge in [-0.3, -0.25) is 4.79 Å². The molecule has 0 spiro atoms. The molecule has 0 bridgehead atoms. The van der Waals surface area contributed by atoms with Gasteiger partial charge in [0.25, 0.3) is 0 Å². The molecule has 1 aromatic carbocycles. The minimum absolute atomic E-state index is 0.0440. The first-order valence-electron chi connectivity index (χ1n) is 8.92. The maximum absolute atomic E-state index is 12.2. The van der Waals surface area contributed by atoms with Crippen LogP contribution in [0.5, 0.6) is 0 Å². The standard InChI is InChI=1S/C19H27N5O/c1-16(17-14-20-24(15-17)18-6-4-3-5-7-18)21-19(25)8-9-23-12-10-22(2)11-13-23/h3-7,14-16H,8-13H2,1-2H3,(H,21,25)/t16-/m1/s1. The van der Waals surface area contributed by atoms with Crippen molar-refractivity contribution in [2.24, 2.45) is 0 Å². The number of carbonyl (C=O) groups excluding carboxylic acids is 1. The lowest BCUT2D eigenvalue weighted by molar-refractivity contribution is -0.122. The molecule has 1 saturated heterocycles. The van der Waals surface area contributed by atoms with Crippen molar-refractivity contribution in [3.05, 3.63) is 48.3 Å². The SMILES string of the molecule is C[C@@H](NC(=O)CCN1CCN(C)CC1)c1cnn(-c2ccccc2)c1. The van der Waals surface area contributed by atoms with Crippen LogP contribution in [0.4, 0.5) is 0 Å². The third kappa shape index (κ3) is 4.90. The van der Waals surface area contributed by atoms with Crippen molar-refractivity contribution in [1.82, 2.24) is 24.9 Å². The molecule has 1 atom stereocenters. The van der Waals surface area contributed by atoms with E-state index in [9.17, 15) is 4.79 Å². The number of benzene rings is 1. The Balaban J connectivity index is 1.48. The number of para-hydroxylation sites is 1. The predicted octanol–water partition coefficient (Wildman–Crippen LogP) is 1.69. The topological polar surface area (TPSA) is 53.4 Å². The molecule has 6 heteroatoms. The van der Waals surface area contributed by atoms with Gasteiger partial charge in [-0.25, -0.2) is 4.68 Å². The Morgan fingerprint density at radius 2 is 1.92 bits per heavy atom. The predicted molar refractivity (Wildman–Crippen MR) is 98.7 cm³/mol. The number of hydrogen-bond acceptors (Lipinski definition) is 4. The first-order chi connectivity index (χ1) is 12.1. The van der Waals surface area contributed by atoms with Gasteiger partial charge in [0.15, 0.2) is 0 Å². The maximum Gasteiger partial charge on any atom is 0.221 e. The van der Waals surface area contributed by atoms with Gasteiger partial charge >= 0.3 is 0 Å². The van der Waals surface area contributed by atoms with Gasteiger partial charge in [0.2, 0.25) is 5.91 Å². The average molecular weight is 341 g/mol. The van der Waals surface area contributed by atoms with Crippen molar-refractivity contribution < 1.29 is 4.79 Å². The van der Waals surface area contributed by atoms with E-state index in [2.05, 4.69) is 27.3 Å². The van der Waals surface area contributed by atoms with Gasteiger partial charge in [-0.2, -0.15) is 5.10 Å². The molecule has 6 nitrogen and oxygen atoms in total. The number of nitrogens with zero attached hydrogens (tertiary/aromatic N) is 4. The Bertz CT molecular complexity index is 676. The van der Waals surface area contributed by atoms with Crippen LogP contribution >= 0.6 is 0 Å². The molecule has 1 N–H and O–H groups in total. The van der Waals surface area contributed by atoms with Crippen LogP contribution in [0, 0.1) is 0 Å². The van der Waals surface area contributed by atoms with Gasteiger partial charge in [0.05, 0.1) is 17.9 Å². The molecular weight excluding hydrogens is 314 g/mol. The second-order valence-electron chi connectivity index (χ2n) is 6.74. The molecule has 3 rings (SSSR count). The minimum Gasteiger partial charge on any atom is -0.349 e. The highest BCUT2D eigenvalue weighted by molar-refractivity contribution is 5.76. The van der Waals surface area contributed by atoms with E-state index in [0.29, 0.717) is 6.42 Å². The van der Waals surface area contributed by atoms with Crippen molar-refractivity contribution in [2.45, 2.75) is 19.4 Å². The monoisotopic (exact) mass is 341 g/mol. The molecule has 1 aromatic heterocycles. The summed E-state index contributed by atoms with van der Waals surface area (Å²) < 4.78 is 1.84. The Kier molecular flexibility index (Phi) is 5.83. The Morgan fingerprint density at radius 1 is 1.20 bits per heavy atom. The number of likely N-dealkylation sites (N-methyl/N-ethyl adjacent to an activating group) is 1. The lowest BCUT2D eigenvalue weighted by atomic mass is 10.2. The average Bonchev–Trinajstić information content (AvgIpc) is 3.12. The Labute approximate surface area is 149 Å². The van der Waals surface area contributed by atoms with Gasteiger partial charge in [0, 0.05) is 50.9 Å². The third-order valence-corrected chi connectivity index (χ3v) is 4.75. The lowest BCUT2D eigenvalue weighted by Gasteiger charge is -2.32. The Morgan fingerprint density at radius 3 is 2.64 bits per heavy atom. The summed E-state index contributed by atoms with van der Waals surface area (Å²) in [5.74, 6) is 0.0962. The zero-order valence-electron chi connectivity index (χ0n) is 15.1. The molecule has 134 valence electrons. The normalized spacial score (nSPS) is 17.4. The summed E-state index contributed by atoms with van der Waals surface area (Å²) in [4.78, 5) is 16.9. The summed E-state index contributed by atoms with van der Waals surface area (Å²) in [6.45, 7) is 7.08. The molecule has 0 unspecified atom stereocenters. The first-order valence-corrected chi connectivity index (χ1v) is 8.92. The van der Waals surface area contributed by atoms with Crippen LogP contribution in [-0.2, 0) is 4.79 Å². The third-order valence-electron chi connectivity index (χ3n) is 4.75. The molecular formula is C19H27N5O. The number of piperazine rings is 1. The van der Waals surface area contributed by atoms with Crippen LogP contribution in [0.2, 0.25) is 0 Å². The maximum atomic E-state index is 12.2. The van der Waals surface area contributed by atoms with E-state index in [0.717, 1.165) is 44.0 Å². The number of nitrogens with one attached hydrogen (secondary N) is 1. The number of hydrogen-bond donors (Lipinski definition) is 1. The van der Waals surface area contributed by atoms with Crippen LogP contribution < -0.4 is 5.32 Å². The second kappa shape index (κ2) is 8.27. The van der Waals surface area contributed by atoms with E-state index in [1.54, 1.807) is 0 Å². The summed E-state index contributed by atoms with van der Waals surface area (Å²) in [5, 5.41) is 7.47. The number of amides is 1. The van der Waals surface area contributed by atoms with E-state index in [4.69, 9.17) is 0 Å². The van der Waals surface area contributed by atoms with E-state index >= 15 is 0 Å². The molecule has 0 radical (unpaired) electrons. The van der Waals surface area contributed by atoms with Gasteiger partial charge in [-0.05, 0) is 26.1 Å². The summed E-state index contributed by atoms with van der Waals surface area (Å²) in [6, 6.07) is 9.93. The van der Waals surface area contributed by atoms with Crippen LogP contribution in [0.3, 0.4) is 0 Å². The minimum atomic E-state index is -0.0440. The number of carbonyl (C=O) groups is 1. The van der Waals surface area contributed by atoms with E-state index < -0.39 is 0 Å². The summed E-state index contributed by atoms with van der Waals surface area (Å²) in [6.07, 6.45) is 4.33. The molecule has 2 heterocycles. The van der Waals surface area contributed by atoms with Crippen LogP contribution in [-0.4, -0.2) is 65.3 Å². The molecule has 25 heavy (non-hydrogen) atoms. The van der Waals surface area contributed by atoms with Crippen molar-refractivity contribution in [1.29, 1.82) is 0 Å². The largest absolute Gasteiger partial charge is 0.349 e. The fraction of sp³-hybridized carbons (Fsp3) is 0.474. The fourth-order valence-electron chi connectivity index (χ4n) is 3.01. The second-order valence-corrected chi connectivity index (χ2v) is 6.74. The summed E-state index contributed by atoms with van der Waals surface area (Å²) in [5.41, 5.74) is 2.03. The van der Waals surface area contributed by atoms with Gasteiger partial charge < -0.3 is 15.1 Å². The van der Waals surface area contributed by atoms with Crippen molar-refractivity contribution in [3.8, 4) is 5.69 Å². The zero-order chi connectivity index (χ0) is 17.6. The van der Waals surface area contributed by atoms with Crippen molar-refractivity contribution >= 4 is 5.91 Å². The molecule has 0 aliphatic carbocycles. The van der Waals surface area contributed by atoms with Gasteiger partial charge in [-0.15, -0.1) is 0 Å². The van der Waals surface area contributed by atoms with Crippen molar-refractivity contribution in [2.75, 3.05) is 39.8 Å². The van der Waals surface area contributed by atoms with Crippen molar-refractivity contribution in [3.63, 3.8) is 0 Å².